The molecule has 0 radical (unpaired) electrons. The highest BCUT2D eigenvalue weighted by Crippen LogP contribution is 2.20. The predicted molar refractivity (Wildman–Crippen MR) is 49.3 cm³/mol. The minimum absolute atomic E-state index is 0.138. The summed E-state index contributed by atoms with van der Waals surface area (Å²) in [6, 6.07) is 0. The van der Waals surface area contributed by atoms with Crippen molar-refractivity contribution < 1.29 is 14.3 Å². The lowest BCUT2D eigenvalue weighted by Gasteiger charge is -2.00. The molecule has 1 saturated heterocycles. The third-order valence-corrected chi connectivity index (χ3v) is 2.00. The van der Waals surface area contributed by atoms with Gasteiger partial charge in [-0.15, -0.1) is 0 Å². The minimum Gasteiger partial charge on any atom is -0.463 e. The van der Waals surface area contributed by atoms with E-state index in [2.05, 4.69) is 0 Å². The molecule has 0 amide bonds. The van der Waals surface area contributed by atoms with Crippen LogP contribution < -0.4 is 0 Å². The van der Waals surface area contributed by atoms with Crippen molar-refractivity contribution in [3.63, 3.8) is 0 Å². The Hall–Kier alpha value is -0.830. The molecule has 3 nitrogen and oxygen atoms in total. The lowest BCUT2D eigenvalue weighted by Crippen LogP contribution is -2.10. The Morgan fingerprint density at radius 2 is 2.31 bits per heavy atom. The van der Waals surface area contributed by atoms with Crippen molar-refractivity contribution in [3.8, 4) is 0 Å². The molecule has 0 aromatic heterocycles. The Balaban J connectivity index is 1.98. The lowest BCUT2D eigenvalue weighted by molar-refractivity contribution is -0.144. The number of allylic oxidation sites excluding steroid dienone is 2. The maximum Gasteiger partial charge on any atom is 0.306 e. The molecule has 0 N–H and O–H groups in total. The molecule has 3 heteroatoms. The minimum atomic E-state index is -0.138. The van der Waals surface area contributed by atoms with Gasteiger partial charge in [-0.25, -0.2) is 0 Å². The molecule has 0 aromatic carbocycles. The van der Waals surface area contributed by atoms with E-state index in [9.17, 15) is 4.79 Å². The van der Waals surface area contributed by atoms with Gasteiger partial charge < -0.3 is 9.47 Å². The van der Waals surface area contributed by atoms with Gasteiger partial charge in [0.1, 0.15) is 12.7 Å². The van der Waals surface area contributed by atoms with Crippen LogP contribution in [0, 0.1) is 0 Å². The molecule has 0 aromatic rings. The molecule has 74 valence electrons. The molecule has 0 saturated carbocycles. The number of carbonyl (C=O) groups is 1. The molecule has 13 heavy (non-hydrogen) atoms. The van der Waals surface area contributed by atoms with Gasteiger partial charge in [0.25, 0.3) is 0 Å². The second-order valence-electron chi connectivity index (χ2n) is 3.17. The number of ether oxygens (including phenoxy) is 2. The van der Waals surface area contributed by atoms with Crippen LogP contribution in [0.15, 0.2) is 12.2 Å². The van der Waals surface area contributed by atoms with E-state index in [1.165, 1.54) is 0 Å². The second-order valence-corrected chi connectivity index (χ2v) is 3.17. The van der Waals surface area contributed by atoms with E-state index < -0.39 is 0 Å². The first-order valence-corrected chi connectivity index (χ1v) is 4.66. The normalized spacial score (nSPS) is 26.3. The Morgan fingerprint density at radius 1 is 1.62 bits per heavy atom. The van der Waals surface area contributed by atoms with Crippen LogP contribution in [-0.4, -0.2) is 24.8 Å². The summed E-state index contributed by atoms with van der Waals surface area (Å²) in [6.45, 7) is 4.32. The molecular formula is C10H16O3. The van der Waals surface area contributed by atoms with E-state index in [1.54, 1.807) is 0 Å². The Morgan fingerprint density at radius 3 is 2.85 bits per heavy atom. The van der Waals surface area contributed by atoms with E-state index in [-0.39, 0.29) is 18.2 Å². The van der Waals surface area contributed by atoms with Crippen molar-refractivity contribution in [2.24, 2.45) is 0 Å². The van der Waals surface area contributed by atoms with E-state index in [0.717, 1.165) is 6.42 Å². The number of esters is 1. The number of epoxide rings is 1. The zero-order valence-corrected chi connectivity index (χ0v) is 8.16. The Bertz CT molecular complexity index is 198. The zero-order valence-electron chi connectivity index (χ0n) is 8.16. The van der Waals surface area contributed by atoms with Gasteiger partial charge in [-0.1, -0.05) is 12.2 Å². The molecule has 0 bridgehead atoms. The number of hydrogen-bond donors (Lipinski definition) is 0. The summed E-state index contributed by atoms with van der Waals surface area (Å²) in [4.78, 5) is 11.0. The van der Waals surface area contributed by atoms with Crippen molar-refractivity contribution in [1.82, 2.24) is 0 Å². The van der Waals surface area contributed by atoms with E-state index in [4.69, 9.17) is 9.47 Å². The van der Waals surface area contributed by atoms with Gasteiger partial charge in [0.15, 0.2) is 0 Å². The van der Waals surface area contributed by atoms with Gasteiger partial charge in [-0.05, 0) is 20.3 Å². The van der Waals surface area contributed by atoms with Crippen molar-refractivity contribution in [1.29, 1.82) is 0 Å². The fourth-order valence-electron chi connectivity index (χ4n) is 1.02. The molecule has 2 atom stereocenters. The number of carbonyl (C=O) groups excluding carboxylic acids is 1. The summed E-state index contributed by atoms with van der Waals surface area (Å²) in [5, 5.41) is 0. The highest BCUT2D eigenvalue weighted by Gasteiger charge is 2.35. The monoisotopic (exact) mass is 184 g/mol. The van der Waals surface area contributed by atoms with Crippen LogP contribution >= 0.6 is 0 Å². The van der Waals surface area contributed by atoms with E-state index in [1.807, 2.05) is 26.0 Å². The highest BCUT2D eigenvalue weighted by molar-refractivity contribution is 5.69. The summed E-state index contributed by atoms with van der Waals surface area (Å²) in [6.07, 6.45) is 5.52. The lowest BCUT2D eigenvalue weighted by atomic mass is 10.3. The molecule has 1 fully saturated rings. The third-order valence-electron chi connectivity index (χ3n) is 2.00. The van der Waals surface area contributed by atoms with Crippen molar-refractivity contribution in [2.45, 2.75) is 38.9 Å². The Labute approximate surface area is 78.7 Å². The van der Waals surface area contributed by atoms with E-state index >= 15 is 0 Å². The van der Waals surface area contributed by atoms with E-state index in [0.29, 0.717) is 13.0 Å². The predicted octanol–water partition coefficient (Wildman–Crippen LogP) is 1.67. The number of hydrogen-bond acceptors (Lipinski definition) is 3. The zero-order chi connectivity index (χ0) is 9.68. The van der Waals surface area contributed by atoms with Crippen molar-refractivity contribution in [2.75, 3.05) is 6.61 Å². The van der Waals surface area contributed by atoms with Crippen molar-refractivity contribution in [3.05, 3.63) is 12.2 Å². The van der Waals surface area contributed by atoms with Crippen LogP contribution in [0.4, 0.5) is 0 Å². The fraction of sp³-hybridized carbons (Fsp3) is 0.700. The summed E-state index contributed by atoms with van der Waals surface area (Å²) in [7, 11) is 0. The van der Waals surface area contributed by atoms with Crippen molar-refractivity contribution >= 4 is 5.97 Å². The van der Waals surface area contributed by atoms with Gasteiger partial charge in [-0.3, -0.25) is 4.79 Å². The first-order chi connectivity index (χ1) is 6.24. The third kappa shape index (κ3) is 4.08. The molecule has 1 aliphatic rings. The van der Waals surface area contributed by atoms with Gasteiger partial charge in [0, 0.05) is 6.42 Å². The van der Waals surface area contributed by atoms with Crippen LogP contribution in [0.25, 0.3) is 0 Å². The maximum atomic E-state index is 11.0. The maximum absolute atomic E-state index is 11.0. The molecule has 1 rings (SSSR count). The summed E-state index contributed by atoms with van der Waals surface area (Å²) in [5.41, 5.74) is 0. The second kappa shape index (κ2) is 5.02. The van der Waals surface area contributed by atoms with Crippen LogP contribution in [0.5, 0.6) is 0 Å². The Kier molecular flexibility index (Phi) is 3.96. The standard InChI is InChI=1S/C10H16O3/c1-3-4-5-6-10(11)12-7-9-8(2)13-9/h3-4,8-9H,5-7H2,1-2H3. The average molecular weight is 184 g/mol. The van der Waals surface area contributed by atoms with Crippen LogP contribution in [0.3, 0.4) is 0 Å². The first kappa shape index (κ1) is 10.3. The molecule has 2 unspecified atom stereocenters. The van der Waals surface area contributed by atoms with Crippen LogP contribution in [-0.2, 0) is 14.3 Å². The van der Waals surface area contributed by atoms with Gasteiger partial charge in [0.05, 0.1) is 6.10 Å². The number of rotatable bonds is 5. The molecular weight excluding hydrogens is 168 g/mol. The summed E-state index contributed by atoms with van der Waals surface area (Å²) < 4.78 is 10.1. The summed E-state index contributed by atoms with van der Waals surface area (Å²) in [5.74, 6) is -0.138. The van der Waals surface area contributed by atoms with Gasteiger partial charge in [-0.2, -0.15) is 0 Å². The van der Waals surface area contributed by atoms with Gasteiger partial charge >= 0.3 is 5.97 Å². The highest BCUT2D eigenvalue weighted by atomic mass is 16.6. The first-order valence-electron chi connectivity index (χ1n) is 4.66. The van der Waals surface area contributed by atoms with Gasteiger partial charge in [0.2, 0.25) is 0 Å². The molecule has 1 aliphatic heterocycles. The molecule has 0 aliphatic carbocycles. The SMILES string of the molecule is CC=CCCC(=O)OCC1OC1C. The quantitative estimate of drug-likeness (QED) is 0.370. The molecule has 0 spiro atoms. The largest absolute Gasteiger partial charge is 0.463 e. The topological polar surface area (TPSA) is 38.8 Å². The smallest absolute Gasteiger partial charge is 0.306 e. The van der Waals surface area contributed by atoms with Crippen LogP contribution in [0.1, 0.15) is 26.7 Å². The molecule has 1 heterocycles. The fourth-order valence-corrected chi connectivity index (χ4v) is 1.02. The summed E-state index contributed by atoms with van der Waals surface area (Å²) >= 11 is 0. The van der Waals surface area contributed by atoms with Crippen LogP contribution in [0.2, 0.25) is 0 Å². The average Bonchev–Trinajstić information content (AvgIpc) is 2.79.